The maximum atomic E-state index is 11.8. The van der Waals surface area contributed by atoms with Crippen molar-refractivity contribution in [2.45, 2.75) is 69.0 Å². The summed E-state index contributed by atoms with van der Waals surface area (Å²) in [7, 11) is -3.66. The lowest BCUT2D eigenvalue weighted by molar-refractivity contribution is 0.0492. The van der Waals surface area contributed by atoms with Crippen molar-refractivity contribution in [1.82, 2.24) is 5.32 Å². The number of amides is 1. The number of alkyl carbamates (subject to hydrolysis) is 1. The molecule has 0 heterocycles. The van der Waals surface area contributed by atoms with Crippen LogP contribution in [0.4, 0.5) is 10.5 Å². The maximum absolute atomic E-state index is 11.8. The summed E-state index contributed by atoms with van der Waals surface area (Å²) < 4.78 is 27.8. The smallest absolute Gasteiger partial charge is 0.407 e. The number of hydrogen-bond acceptors (Lipinski definition) is 5. The third-order valence-corrected chi connectivity index (χ3v) is 4.93. The van der Waals surface area contributed by atoms with Gasteiger partial charge in [0, 0.05) is 17.8 Å². The van der Waals surface area contributed by atoms with E-state index in [1.165, 1.54) is 12.1 Å². The normalized spacial score (nSPS) is 21.4. The van der Waals surface area contributed by atoms with Crippen molar-refractivity contribution in [1.29, 1.82) is 0 Å². The van der Waals surface area contributed by atoms with Crippen LogP contribution in [-0.4, -0.2) is 32.2 Å². The van der Waals surface area contributed by atoms with Gasteiger partial charge in [0.1, 0.15) is 5.60 Å². The van der Waals surface area contributed by atoms with E-state index in [0.29, 0.717) is 0 Å². The summed E-state index contributed by atoms with van der Waals surface area (Å²) in [5.74, 6) is 0. The van der Waals surface area contributed by atoms with Crippen molar-refractivity contribution in [2.24, 2.45) is 5.14 Å². The standard InChI is InChI=1S/C17H27N3O4S/c1-17(2,3)24-16(21)20-14-6-4-12(5-7-14)19-13-8-10-15(11-9-13)25(18,22)23/h8-12,14,19H,4-7H2,1-3H3,(H,20,21)(H2,18,22,23). The first kappa shape index (κ1) is 19.5. The van der Waals surface area contributed by atoms with E-state index in [1.54, 1.807) is 12.1 Å². The van der Waals surface area contributed by atoms with Crippen LogP contribution < -0.4 is 15.8 Å². The molecule has 0 radical (unpaired) electrons. The second kappa shape index (κ2) is 7.61. The molecule has 1 aliphatic rings. The Bertz CT molecular complexity index is 688. The van der Waals surface area contributed by atoms with Gasteiger partial charge in [-0.1, -0.05) is 0 Å². The largest absolute Gasteiger partial charge is 0.444 e. The third-order valence-electron chi connectivity index (χ3n) is 4.00. The summed E-state index contributed by atoms with van der Waals surface area (Å²) in [6, 6.07) is 6.82. The van der Waals surface area contributed by atoms with Crippen LogP contribution in [0.3, 0.4) is 0 Å². The van der Waals surface area contributed by atoms with Crippen molar-refractivity contribution in [3.63, 3.8) is 0 Å². The molecule has 0 spiro atoms. The highest BCUT2D eigenvalue weighted by atomic mass is 32.2. The van der Waals surface area contributed by atoms with Gasteiger partial charge in [-0.05, 0) is 70.7 Å². The summed E-state index contributed by atoms with van der Waals surface area (Å²) in [5.41, 5.74) is 0.363. The van der Waals surface area contributed by atoms with Gasteiger partial charge in [0.15, 0.2) is 0 Å². The second-order valence-electron chi connectivity index (χ2n) is 7.41. The third kappa shape index (κ3) is 6.55. The van der Waals surface area contributed by atoms with Crippen LogP contribution in [0.5, 0.6) is 0 Å². The molecule has 0 bridgehead atoms. The van der Waals surface area contributed by atoms with E-state index in [-0.39, 0.29) is 23.1 Å². The number of anilines is 1. The first-order valence-corrected chi connectivity index (χ1v) is 9.96. The van der Waals surface area contributed by atoms with Crippen molar-refractivity contribution >= 4 is 21.8 Å². The van der Waals surface area contributed by atoms with Gasteiger partial charge in [-0.2, -0.15) is 0 Å². The Morgan fingerprint density at radius 3 is 2.08 bits per heavy atom. The van der Waals surface area contributed by atoms with Gasteiger partial charge in [-0.15, -0.1) is 0 Å². The summed E-state index contributed by atoms with van der Waals surface area (Å²) >= 11 is 0. The molecule has 1 fully saturated rings. The highest BCUT2D eigenvalue weighted by Crippen LogP contribution is 2.23. The molecule has 0 atom stereocenters. The molecule has 0 aromatic heterocycles. The lowest BCUT2D eigenvalue weighted by Crippen LogP contribution is -2.42. The van der Waals surface area contributed by atoms with Gasteiger partial charge in [-0.25, -0.2) is 18.4 Å². The lowest BCUT2D eigenvalue weighted by Gasteiger charge is -2.31. The number of primary sulfonamides is 1. The molecule has 1 aromatic carbocycles. The summed E-state index contributed by atoms with van der Waals surface area (Å²) in [6.45, 7) is 5.53. The fraction of sp³-hybridized carbons (Fsp3) is 0.588. The predicted molar refractivity (Wildman–Crippen MR) is 96.9 cm³/mol. The zero-order valence-corrected chi connectivity index (χ0v) is 15.7. The number of sulfonamides is 1. The first-order valence-electron chi connectivity index (χ1n) is 8.42. The quantitative estimate of drug-likeness (QED) is 0.755. The molecule has 1 saturated carbocycles. The summed E-state index contributed by atoms with van der Waals surface area (Å²) in [6.07, 6.45) is 3.19. The molecule has 1 aliphatic carbocycles. The van der Waals surface area contributed by atoms with E-state index in [9.17, 15) is 13.2 Å². The van der Waals surface area contributed by atoms with E-state index in [0.717, 1.165) is 31.4 Å². The molecule has 25 heavy (non-hydrogen) atoms. The van der Waals surface area contributed by atoms with Crippen LogP contribution in [-0.2, 0) is 14.8 Å². The van der Waals surface area contributed by atoms with E-state index < -0.39 is 15.6 Å². The molecule has 4 N–H and O–H groups in total. The second-order valence-corrected chi connectivity index (χ2v) is 8.97. The Morgan fingerprint density at radius 1 is 1.08 bits per heavy atom. The first-order chi connectivity index (χ1) is 11.5. The lowest BCUT2D eigenvalue weighted by atomic mass is 9.91. The number of ether oxygens (including phenoxy) is 1. The average Bonchev–Trinajstić information content (AvgIpc) is 2.47. The number of carbonyl (C=O) groups excluding carboxylic acids is 1. The van der Waals surface area contributed by atoms with E-state index in [4.69, 9.17) is 9.88 Å². The monoisotopic (exact) mass is 369 g/mol. The summed E-state index contributed by atoms with van der Waals surface area (Å²) in [4.78, 5) is 11.9. The SMILES string of the molecule is CC(C)(C)OC(=O)NC1CCC(Nc2ccc(S(N)(=O)=O)cc2)CC1. The van der Waals surface area contributed by atoms with Crippen molar-refractivity contribution < 1.29 is 17.9 Å². The molecule has 0 unspecified atom stereocenters. The molecule has 140 valence electrons. The van der Waals surface area contributed by atoms with Crippen LogP contribution >= 0.6 is 0 Å². The Hall–Kier alpha value is -1.80. The molecular formula is C17H27N3O4S. The minimum atomic E-state index is -3.66. The number of nitrogens with two attached hydrogens (primary N) is 1. The van der Waals surface area contributed by atoms with Gasteiger partial charge in [0.2, 0.25) is 10.0 Å². The Balaban J connectivity index is 1.80. The Kier molecular flexibility index (Phi) is 5.95. The topological polar surface area (TPSA) is 111 Å². The number of rotatable bonds is 4. The minimum Gasteiger partial charge on any atom is -0.444 e. The van der Waals surface area contributed by atoms with E-state index >= 15 is 0 Å². The molecule has 0 saturated heterocycles. The summed E-state index contributed by atoms with van der Waals surface area (Å²) in [5, 5.41) is 11.4. The van der Waals surface area contributed by atoms with Crippen LogP contribution in [0.15, 0.2) is 29.2 Å². The van der Waals surface area contributed by atoms with Gasteiger partial charge >= 0.3 is 6.09 Å². The maximum Gasteiger partial charge on any atom is 0.407 e. The number of hydrogen-bond donors (Lipinski definition) is 3. The molecular weight excluding hydrogens is 342 g/mol. The Labute approximate surface area is 149 Å². The van der Waals surface area contributed by atoms with Crippen molar-refractivity contribution in [2.75, 3.05) is 5.32 Å². The van der Waals surface area contributed by atoms with E-state index in [1.807, 2.05) is 20.8 Å². The van der Waals surface area contributed by atoms with Crippen molar-refractivity contribution in [3.8, 4) is 0 Å². The number of benzene rings is 1. The fourth-order valence-corrected chi connectivity index (χ4v) is 3.35. The molecule has 1 aromatic rings. The van der Waals surface area contributed by atoms with Crippen LogP contribution in [0.2, 0.25) is 0 Å². The highest BCUT2D eigenvalue weighted by molar-refractivity contribution is 7.89. The van der Waals surface area contributed by atoms with Gasteiger partial charge in [0.25, 0.3) is 0 Å². The average molecular weight is 369 g/mol. The minimum absolute atomic E-state index is 0.100. The van der Waals surface area contributed by atoms with Crippen LogP contribution in [0.25, 0.3) is 0 Å². The number of carbonyl (C=O) groups is 1. The molecule has 1 amide bonds. The van der Waals surface area contributed by atoms with Gasteiger partial charge < -0.3 is 15.4 Å². The zero-order chi connectivity index (χ0) is 18.7. The zero-order valence-electron chi connectivity index (χ0n) is 14.9. The van der Waals surface area contributed by atoms with Crippen LogP contribution in [0, 0.1) is 0 Å². The highest BCUT2D eigenvalue weighted by Gasteiger charge is 2.24. The van der Waals surface area contributed by atoms with E-state index in [2.05, 4.69) is 10.6 Å². The van der Waals surface area contributed by atoms with Gasteiger partial charge in [-0.3, -0.25) is 0 Å². The molecule has 2 rings (SSSR count). The number of nitrogens with one attached hydrogen (secondary N) is 2. The fourth-order valence-electron chi connectivity index (χ4n) is 2.83. The molecule has 0 aliphatic heterocycles. The van der Waals surface area contributed by atoms with Crippen molar-refractivity contribution in [3.05, 3.63) is 24.3 Å². The Morgan fingerprint density at radius 2 is 1.60 bits per heavy atom. The molecule has 7 nitrogen and oxygen atoms in total. The molecule has 8 heteroatoms. The predicted octanol–water partition coefficient (Wildman–Crippen LogP) is 2.58. The van der Waals surface area contributed by atoms with Crippen LogP contribution in [0.1, 0.15) is 46.5 Å². The van der Waals surface area contributed by atoms with Gasteiger partial charge in [0.05, 0.1) is 4.90 Å².